The van der Waals surface area contributed by atoms with E-state index in [1.807, 2.05) is 16.8 Å². The molecule has 42 heavy (non-hydrogen) atoms. The number of piperazine rings is 1. The molecule has 9 nitrogen and oxygen atoms in total. The third-order valence-electron chi connectivity index (χ3n) is 9.04. The van der Waals surface area contributed by atoms with E-state index in [0.717, 1.165) is 53.8 Å². The highest BCUT2D eigenvalue weighted by atomic mass is 19.3. The summed E-state index contributed by atoms with van der Waals surface area (Å²) in [5.74, 6) is 0. The lowest BCUT2D eigenvalue weighted by molar-refractivity contribution is -0.146. The number of carbonyl (C=O) groups excluding carboxylic acids is 1. The van der Waals surface area contributed by atoms with E-state index in [1.165, 1.54) is 0 Å². The molecule has 3 aliphatic heterocycles. The van der Waals surface area contributed by atoms with Crippen molar-refractivity contribution < 1.29 is 27.8 Å². The Hall–Kier alpha value is -3.28. The van der Waals surface area contributed by atoms with Crippen LogP contribution in [0.2, 0.25) is 0 Å². The van der Waals surface area contributed by atoms with Crippen LogP contribution in [0, 0.1) is 0 Å². The average Bonchev–Trinajstić information content (AvgIpc) is 3.43. The molecule has 0 aliphatic carbocycles. The molecule has 0 saturated carbocycles. The van der Waals surface area contributed by atoms with Crippen LogP contribution in [0.1, 0.15) is 32.3 Å². The Bertz CT molecular complexity index is 1360. The van der Waals surface area contributed by atoms with Crippen molar-refractivity contribution in [1.82, 2.24) is 19.4 Å². The first-order chi connectivity index (χ1) is 20.3. The first-order valence-corrected chi connectivity index (χ1v) is 14.8. The number of likely N-dealkylation sites (tertiary alicyclic amines) is 1. The van der Waals surface area contributed by atoms with E-state index in [4.69, 9.17) is 14.2 Å². The van der Waals surface area contributed by atoms with Crippen LogP contribution < -0.4 is 4.90 Å². The van der Waals surface area contributed by atoms with Gasteiger partial charge in [-0.25, -0.2) is 9.31 Å². The molecule has 1 amide bonds. The first-order valence-electron chi connectivity index (χ1n) is 14.8. The van der Waals surface area contributed by atoms with E-state index < -0.39 is 12.0 Å². The highest BCUT2D eigenvalue weighted by Gasteiger charge is 2.38. The van der Waals surface area contributed by atoms with Crippen LogP contribution in [0.3, 0.4) is 0 Å². The van der Waals surface area contributed by atoms with Gasteiger partial charge in [0.05, 0.1) is 31.0 Å². The van der Waals surface area contributed by atoms with E-state index in [1.54, 1.807) is 11.1 Å². The zero-order chi connectivity index (χ0) is 29.3. The number of aromatic nitrogens is 2. The Balaban J connectivity index is 1.17. The highest BCUT2D eigenvalue weighted by Crippen LogP contribution is 2.38. The molecule has 0 spiro atoms. The van der Waals surface area contributed by atoms with E-state index in [0.29, 0.717) is 45.4 Å². The normalized spacial score (nSPS) is 20.0. The van der Waals surface area contributed by atoms with Crippen molar-refractivity contribution in [2.45, 2.75) is 50.9 Å². The number of carbonyl (C=O) groups is 1. The fraction of sp³-hybridized carbons (Fsp3) is 0.548. The van der Waals surface area contributed by atoms with Gasteiger partial charge >= 0.3 is 12.7 Å². The lowest BCUT2D eigenvalue weighted by atomic mass is 9.73. The van der Waals surface area contributed by atoms with Gasteiger partial charge in [0.15, 0.2) is 6.10 Å². The summed E-state index contributed by atoms with van der Waals surface area (Å²) in [6.07, 6.45) is 4.96. The molecule has 11 heteroatoms. The van der Waals surface area contributed by atoms with Gasteiger partial charge in [-0.2, -0.15) is 13.9 Å². The Kier molecular flexibility index (Phi) is 8.33. The number of halogens is 2. The Morgan fingerprint density at radius 1 is 1.02 bits per heavy atom. The van der Waals surface area contributed by atoms with Crippen molar-refractivity contribution in [2.75, 3.05) is 64.0 Å². The zero-order valence-corrected chi connectivity index (χ0v) is 24.3. The lowest BCUT2D eigenvalue weighted by Crippen LogP contribution is -2.51. The maximum atomic E-state index is 13.1. The number of amides is 1. The molecule has 0 radical (unpaired) electrons. The predicted octanol–water partition coefficient (Wildman–Crippen LogP) is 4.64. The third-order valence-corrected chi connectivity index (χ3v) is 9.04. The van der Waals surface area contributed by atoms with Crippen molar-refractivity contribution >= 4 is 17.3 Å². The number of piperidine rings is 1. The summed E-state index contributed by atoms with van der Waals surface area (Å²) in [5.41, 5.74) is 4.72. The largest absolute Gasteiger partial charge is 0.441 e. The molecule has 0 N–H and O–H groups in total. The van der Waals surface area contributed by atoms with Crippen molar-refractivity contribution in [3.63, 3.8) is 0 Å². The summed E-state index contributed by atoms with van der Waals surface area (Å²) < 4.78 is 43.5. The van der Waals surface area contributed by atoms with E-state index in [9.17, 15) is 13.6 Å². The van der Waals surface area contributed by atoms with Crippen LogP contribution in [0.4, 0.5) is 19.3 Å². The highest BCUT2D eigenvalue weighted by molar-refractivity contribution is 5.80. The molecule has 226 valence electrons. The van der Waals surface area contributed by atoms with Gasteiger partial charge in [0.1, 0.15) is 0 Å². The van der Waals surface area contributed by atoms with E-state index >= 15 is 0 Å². The van der Waals surface area contributed by atoms with Gasteiger partial charge in [-0.15, -0.1) is 0 Å². The maximum Gasteiger partial charge on any atom is 0.410 e. The van der Waals surface area contributed by atoms with Gasteiger partial charge in [-0.05, 0) is 63.0 Å². The number of hydrogen-bond acceptors (Lipinski definition) is 7. The number of anilines is 1. The molecule has 0 atom stereocenters. The number of benzene rings is 1. The first kappa shape index (κ1) is 28.8. The Morgan fingerprint density at radius 2 is 1.74 bits per heavy atom. The number of alkyl halides is 2. The van der Waals surface area contributed by atoms with E-state index in [-0.39, 0.29) is 18.8 Å². The Labute approximate surface area is 244 Å². The molecule has 0 bridgehead atoms. The lowest BCUT2D eigenvalue weighted by Gasteiger charge is -2.43. The molecule has 3 fully saturated rings. The summed E-state index contributed by atoms with van der Waals surface area (Å²) in [7, 11) is 0. The fourth-order valence-corrected chi connectivity index (χ4v) is 6.28. The van der Waals surface area contributed by atoms with Crippen LogP contribution in [0.5, 0.6) is 0 Å². The number of nitrogens with zero attached hydrogens (tertiary/aromatic N) is 5. The van der Waals surface area contributed by atoms with Gasteiger partial charge in [0, 0.05) is 55.6 Å². The summed E-state index contributed by atoms with van der Waals surface area (Å²) in [5, 5.41) is 4.54. The minimum Gasteiger partial charge on any atom is -0.441 e. The van der Waals surface area contributed by atoms with Crippen LogP contribution in [-0.2, 0) is 19.6 Å². The Morgan fingerprint density at radius 3 is 2.36 bits per heavy atom. The molecule has 5 heterocycles. The molecule has 3 aromatic rings. The summed E-state index contributed by atoms with van der Waals surface area (Å²) in [6.45, 7) is 6.81. The van der Waals surface area contributed by atoms with Crippen LogP contribution in [-0.4, -0.2) is 103 Å². The zero-order valence-electron chi connectivity index (χ0n) is 24.3. The molecule has 2 aromatic heterocycles. The van der Waals surface area contributed by atoms with Crippen molar-refractivity contribution in [1.29, 1.82) is 0 Å². The second-order valence-corrected chi connectivity index (χ2v) is 11.9. The molecule has 3 saturated heterocycles. The van der Waals surface area contributed by atoms with Crippen molar-refractivity contribution in [2.24, 2.45) is 0 Å². The molecular weight excluding hydrogens is 544 g/mol. The quantitative estimate of drug-likeness (QED) is 0.383. The molecule has 6 rings (SSSR count). The second kappa shape index (κ2) is 12.1. The molecule has 3 aliphatic rings. The molecular formula is C31H39F2N5O4. The molecule has 1 aromatic carbocycles. The number of ether oxygens (including phenoxy) is 3. The second-order valence-electron chi connectivity index (χ2n) is 11.9. The minimum absolute atomic E-state index is 0.0132. The third kappa shape index (κ3) is 5.95. The van der Waals surface area contributed by atoms with Gasteiger partial charge in [0.2, 0.25) is 0 Å². The van der Waals surface area contributed by atoms with E-state index in [2.05, 4.69) is 59.1 Å². The van der Waals surface area contributed by atoms with Crippen LogP contribution >= 0.6 is 0 Å². The summed E-state index contributed by atoms with van der Waals surface area (Å²) >= 11 is 0. The smallest absolute Gasteiger partial charge is 0.410 e. The molecule has 0 unspecified atom stereocenters. The number of hydrogen-bond donors (Lipinski definition) is 0. The average molecular weight is 584 g/mol. The topological polar surface area (TPSA) is 71.8 Å². The summed E-state index contributed by atoms with van der Waals surface area (Å²) in [6, 6.07) is 12.8. The standard InChI is InChI=1S/C31H39F2N5O4/c1-22(2)35-11-8-31(9-12-35,21-41-29(32)33)25-5-3-23(4-6-25)24-17-28-27(7-10-34-38(28)18-24)36-13-15-37(16-14-36)30(39)42-26-19-40-20-26/h3-7,10,17-18,22,26,29H,8-9,11-16,19-21H2,1-2H3. The van der Waals surface area contributed by atoms with Crippen molar-refractivity contribution in [3.8, 4) is 11.1 Å². The maximum absolute atomic E-state index is 13.1. The van der Waals surface area contributed by atoms with Gasteiger partial charge < -0.3 is 28.9 Å². The van der Waals surface area contributed by atoms with Crippen molar-refractivity contribution in [3.05, 3.63) is 54.4 Å². The SMILES string of the molecule is CC(C)N1CCC(COC(F)F)(c2ccc(-c3cc4c(N5CCN(C(=O)OC6COC6)CC5)ccnn4c3)cc2)CC1. The minimum atomic E-state index is -2.78. The predicted molar refractivity (Wildman–Crippen MR) is 155 cm³/mol. The monoisotopic (exact) mass is 583 g/mol. The van der Waals surface area contributed by atoms with Crippen LogP contribution in [0.25, 0.3) is 16.6 Å². The van der Waals surface area contributed by atoms with Gasteiger partial charge in [-0.3, -0.25) is 0 Å². The van der Waals surface area contributed by atoms with Gasteiger partial charge in [-0.1, -0.05) is 24.3 Å². The van der Waals surface area contributed by atoms with Crippen LogP contribution in [0.15, 0.2) is 48.8 Å². The van der Waals surface area contributed by atoms with Gasteiger partial charge in [0.25, 0.3) is 0 Å². The fourth-order valence-electron chi connectivity index (χ4n) is 6.28. The summed E-state index contributed by atoms with van der Waals surface area (Å²) in [4.78, 5) is 18.9. The number of fused-ring (bicyclic) bond motifs is 1. The number of rotatable bonds is 8.